The zero-order valence-electron chi connectivity index (χ0n) is 11.0. The first-order valence-electron chi connectivity index (χ1n) is 6.68. The van der Waals surface area contributed by atoms with E-state index in [0.29, 0.717) is 13.2 Å². The van der Waals surface area contributed by atoms with E-state index in [2.05, 4.69) is 4.98 Å². The lowest BCUT2D eigenvalue weighted by atomic mass is 9.75. The fourth-order valence-electron chi connectivity index (χ4n) is 2.60. The van der Waals surface area contributed by atoms with E-state index in [1.54, 1.807) is 6.07 Å². The second-order valence-corrected chi connectivity index (χ2v) is 5.21. The van der Waals surface area contributed by atoms with Gasteiger partial charge in [0.2, 0.25) is 5.88 Å². The molecule has 0 saturated heterocycles. The van der Waals surface area contributed by atoms with Crippen LogP contribution in [0.25, 0.3) is 0 Å². The van der Waals surface area contributed by atoms with E-state index in [9.17, 15) is 4.79 Å². The monoisotopic (exact) mass is 264 g/mol. The Kier molecular flexibility index (Phi) is 4.37. The Bertz CT molecular complexity index is 442. The van der Waals surface area contributed by atoms with Crippen molar-refractivity contribution in [2.75, 3.05) is 13.2 Å². The molecule has 0 aliphatic heterocycles. The van der Waals surface area contributed by atoms with Crippen LogP contribution in [-0.2, 0) is 0 Å². The van der Waals surface area contributed by atoms with E-state index in [4.69, 9.17) is 15.6 Å². The summed E-state index contributed by atoms with van der Waals surface area (Å²) >= 11 is 0. The van der Waals surface area contributed by atoms with Crippen LogP contribution in [0.3, 0.4) is 0 Å². The summed E-state index contributed by atoms with van der Waals surface area (Å²) in [6.07, 6.45) is 7.18. The van der Waals surface area contributed by atoms with Crippen LogP contribution in [0.15, 0.2) is 18.3 Å². The normalized spacial score (nSPS) is 17.9. The lowest BCUT2D eigenvalue weighted by Gasteiger charge is -2.35. The zero-order valence-corrected chi connectivity index (χ0v) is 11.0. The van der Waals surface area contributed by atoms with Crippen molar-refractivity contribution in [1.29, 1.82) is 0 Å². The SMILES string of the molecule is NCC1(COc2ncccc2C(=O)O)CCCCC1. The first-order valence-corrected chi connectivity index (χ1v) is 6.68. The van der Waals surface area contributed by atoms with Gasteiger partial charge >= 0.3 is 5.97 Å². The third-order valence-corrected chi connectivity index (χ3v) is 3.86. The Morgan fingerprint density at radius 1 is 1.42 bits per heavy atom. The van der Waals surface area contributed by atoms with Crippen LogP contribution in [-0.4, -0.2) is 29.2 Å². The standard InChI is InChI=1S/C14H20N2O3/c15-9-14(6-2-1-3-7-14)10-19-12-11(13(17)18)5-4-8-16-12/h4-5,8H,1-3,6-7,9-10,15H2,(H,17,18). The number of carboxylic acids is 1. The number of hydrogen-bond donors (Lipinski definition) is 2. The number of aromatic nitrogens is 1. The van der Waals surface area contributed by atoms with Gasteiger partial charge in [-0.3, -0.25) is 0 Å². The summed E-state index contributed by atoms with van der Waals surface area (Å²) in [6.45, 7) is 1.02. The second kappa shape index (κ2) is 6.02. The largest absolute Gasteiger partial charge is 0.477 e. The van der Waals surface area contributed by atoms with Crippen LogP contribution in [0.5, 0.6) is 5.88 Å². The van der Waals surface area contributed by atoms with Gasteiger partial charge in [-0.1, -0.05) is 19.3 Å². The van der Waals surface area contributed by atoms with Crippen molar-refractivity contribution in [3.63, 3.8) is 0 Å². The maximum atomic E-state index is 11.1. The summed E-state index contributed by atoms with van der Waals surface area (Å²) in [4.78, 5) is 15.1. The molecule has 0 aromatic carbocycles. The molecular formula is C14H20N2O3. The van der Waals surface area contributed by atoms with Crippen LogP contribution < -0.4 is 10.5 Å². The van der Waals surface area contributed by atoms with E-state index in [1.807, 2.05) is 0 Å². The molecule has 19 heavy (non-hydrogen) atoms. The summed E-state index contributed by atoms with van der Waals surface area (Å²) in [7, 11) is 0. The van der Waals surface area contributed by atoms with Crippen molar-refractivity contribution in [3.05, 3.63) is 23.9 Å². The van der Waals surface area contributed by atoms with Crippen LogP contribution in [0.1, 0.15) is 42.5 Å². The summed E-state index contributed by atoms with van der Waals surface area (Å²) in [6, 6.07) is 3.09. The van der Waals surface area contributed by atoms with Crippen molar-refractivity contribution in [3.8, 4) is 5.88 Å². The van der Waals surface area contributed by atoms with Gasteiger partial charge in [0.05, 0.1) is 6.61 Å². The molecule has 5 heteroatoms. The summed E-state index contributed by atoms with van der Waals surface area (Å²) in [5.74, 6) is -0.832. The molecule has 0 bridgehead atoms. The highest BCUT2D eigenvalue weighted by Crippen LogP contribution is 2.35. The minimum absolute atomic E-state index is 0.0223. The highest BCUT2D eigenvalue weighted by Gasteiger charge is 2.32. The topological polar surface area (TPSA) is 85.4 Å². The molecule has 1 saturated carbocycles. The Hall–Kier alpha value is -1.62. The van der Waals surface area contributed by atoms with Crippen molar-refractivity contribution in [1.82, 2.24) is 4.98 Å². The van der Waals surface area contributed by atoms with Gasteiger partial charge in [0, 0.05) is 18.2 Å². The van der Waals surface area contributed by atoms with Gasteiger partial charge in [-0.05, 0) is 25.0 Å². The molecule has 1 fully saturated rings. The average molecular weight is 264 g/mol. The van der Waals surface area contributed by atoms with Gasteiger partial charge in [-0.2, -0.15) is 0 Å². The predicted molar refractivity (Wildman–Crippen MR) is 71.3 cm³/mol. The van der Waals surface area contributed by atoms with Gasteiger partial charge in [-0.25, -0.2) is 9.78 Å². The fraction of sp³-hybridized carbons (Fsp3) is 0.571. The number of carboxylic acid groups (broad SMARTS) is 1. The number of nitrogens with zero attached hydrogens (tertiary/aromatic N) is 1. The molecule has 0 spiro atoms. The molecule has 104 valence electrons. The van der Waals surface area contributed by atoms with E-state index in [-0.39, 0.29) is 16.9 Å². The Morgan fingerprint density at radius 3 is 2.79 bits per heavy atom. The quantitative estimate of drug-likeness (QED) is 0.850. The van der Waals surface area contributed by atoms with Crippen molar-refractivity contribution in [2.45, 2.75) is 32.1 Å². The molecule has 2 rings (SSSR count). The highest BCUT2D eigenvalue weighted by molar-refractivity contribution is 5.90. The van der Waals surface area contributed by atoms with Crippen molar-refractivity contribution in [2.24, 2.45) is 11.1 Å². The number of pyridine rings is 1. The molecular weight excluding hydrogens is 244 g/mol. The highest BCUT2D eigenvalue weighted by atomic mass is 16.5. The molecule has 1 aromatic heterocycles. The lowest BCUT2D eigenvalue weighted by Crippen LogP contribution is -2.38. The average Bonchev–Trinajstić information content (AvgIpc) is 2.46. The molecule has 0 radical (unpaired) electrons. The molecule has 0 amide bonds. The maximum absolute atomic E-state index is 11.1. The van der Waals surface area contributed by atoms with E-state index in [1.165, 1.54) is 18.7 Å². The number of rotatable bonds is 5. The Balaban J connectivity index is 2.07. The van der Waals surface area contributed by atoms with Gasteiger partial charge in [0.25, 0.3) is 0 Å². The number of carbonyl (C=O) groups is 1. The third-order valence-electron chi connectivity index (χ3n) is 3.86. The minimum Gasteiger partial charge on any atom is -0.477 e. The van der Waals surface area contributed by atoms with Crippen molar-refractivity contribution < 1.29 is 14.6 Å². The summed E-state index contributed by atoms with van der Waals surface area (Å²) in [5, 5.41) is 9.08. The van der Waals surface area contributed by atoms with Crippen LogP contribution >= 0.6 is 0 Å². The second-order valence-electron chi connectivity index (χ2n) is 5.21. The molecule has 3 N–H and O–H groups in total. The molecule has 0 unspecified atom stereocenters. The molecule has 1 heterocycles. The van der Waals surface area contributed by atoms with Gasteiger partial charge in [0.1, 0.15) is 5.56 Å². The van der Waals surface area contributed by atoms with E-state index in [0.717, 1.165) is 25.7 Å². The van der Waals surface area contributed by atoms with Gasteiger partial charge < -0.3 is 15.6 Å². The minimum atomic E-state index is -1.02. The van der Waals surface area contributed by atoms with E-state index < -0.39 is 5.97 Å². The first kappa shape index (κ1) is 13.8. The van der Waals surface area contributed by atoms with Gasteiger partial charge in [0.15, 0.2) is 0 Å². The molecule has 1 aliphatic carbocycles. The smallest absolute Gasteiger partial charge is 0.341 e. The number of ether oxygens (including phenoxy) is 1. The maximum Gasteiger partial charge on any atom is 0.341 e. The van der Waals surface area contributed by atoms with Crippen LogP contribution in [0, 0.1) is 5.41 Å². The number of nitrogens with two attached hydrogens (primary N) is 1. The summed E-state index contributed by atoms with van der Waals surface area (Å²) in [5.41, 5.74) is 5.96. The molecule has 1 aliphatic rings. The summed E-state index contributed by atoms with van der Waals surface area (Å²) < 4.78 is 5.66. The lowest BCUT2D eigenvalue weighted by molar-refractivity contribution is 0.0677. The van der Waals surface area contributed by atoms with Crippen LogP contribution in [0.2, 0.25) is 0 Å². The number of hydrogen-bond acceptors (Lipinski definition) is 4. The van der Waals surface area contributed by atoms with E-state index >= 15 is 0 Å². The molecule has 5 nitrogen and oxygen atoms in total. The fourth-order valence-corrected chi connectivity index (χ4v) is 2.60. The Labute approximate surface area is 112 Å². The molecule has 1 aromatic rings. The van der Waals surface area contributed by atoms with Gasteiger partial charge in [-0.15, -0.1) is 0 Å². The predicted octanol–water partition coefficient (Wildman–Crippen LogP) is 2.07. The Morgan fingerprint density at radius 2 is 2.16 bits per heavy atom. The van der Waals surface area contributed by atoms with Crippen LogP contribution in [0.4, 0.5) is 0 Å². The third kappa shape index (κ3) is 3.23. The molecule has 0 atom stereocenters. The first-order chi connectivity index (χ1) is 9.17. The number of aromatic carboxylic acids is 1. The zero-order chi connectivity index (χ0) is 13.7. The van der Waals surface area contributed by atoms with Crippen molar-refractivity contribution >= 4 is 5.97 Å².